The minimum atomic E-state index is -1.41. The van der Waals surface area contributed by atoms with Crippen molar-refractivity contribution in [3.63, 3.8) is 0 Å². The number of aryl methyl sites for hydroxylation is 1. The van der Waals surface area contributed by atoms with E-state index in [0.717, 1.165) is 48.8 Å². The second kappa shape index (κ2) is 16.5. The van der Waals surface area contributed by atoms with Crippen LogP contribution < -0.4 is 10.6 Å². The van der Waals surface area contributed by atoms with Crippen LogP contribution in [0.2, 0.25) is 0 Å². The Hall–Kier alpha value is -2.39. The van der Waals surface area contributed by atoms with Gasteiger partial charge in [0.25, 0.3) is 5.91 Å². The predicted octanol–water partition coefficient (Wildman–Crippen LogP) is 6.14. The molecule has 232 valence electrons. The lowest BCUT2D eigenvalue weighted by molar-refractivity contribution is -0.139. The maximum Gasteiger partial charge on any atom is 0.326 e. The van der Waals surface area contributed by atoms with E-state index in [1.807, 2.05) is 49.6 Å². The molecule has 1 saturated carbocycles. The van der Waals surface area contributed by atoms with Gasteiger partial charge in [0.05, 0.1) is 6.10 Å². The van der Waals surface area contributed by atoms with Gasteiger partial charge in [-0.1, -0.05) is 76.3 Å². The number of carbonyl (C=O) groups excluding carboxylic acids is 1. The Labute approximate surface area is 255 Å². The van der Waals surface area contributed by atoms with Crippen molar-refractivity contribution in [1.82, 2.24) is 10.6 Å². The molecule has 0 bridgehead atoms. The zero-order valence-corrected chi connectivity index (χ0v) is 26.5. The quantitative estimate of drug-likeness (QED) is 0.147. The number of rotatable bonds is 16. The Kier molecular flexibility index (Phi) is 13.4. The van der Waals surface area contributed by atoms with Gasteiger partial charge >= 0.3 is 5.97 Å². The maximum atomic E-state index is 13.4. The minimum absolute atomic E-state index is 0.314. The number of hydrogen-bond acceptors (Lipinski definition) is 6. The monoisotopic (exact) mass is 598 g/mol. The molecular formula is C34H50N2O5S. The summed E-state index contributed by atoms with van der Waals surface area (Å²) >= 11 is 1.54. The highest BCUT2D eigenvalue weighted by Crippen LogP contribution is 2.33. The number of aliphatic hydroxyl groups is 2. The van der Waals surface area contributed by atoms with Crippen LogP contribution in [-0.4, -0.2) is 57.1 Å². The number of carboxylic acids is 1. The van der Waals surface area contributed by atoms with E-state index in [1.54, 1.807) is 6.07 Å². The van der Waals surface area contributed by atoms with Gasteiger partial charge in [-0.25, -0.2) is 4.79 Å². The average Bonchev–Trinajstić information content (AvgIpc) is 2.97. The van der Waals surface area contributed by atoms with E-state index in [4.69, 9.17) is 0 Å². The standard InChI is InChI=1S/C34H50N2O5S/c1-23(2)14-17-31(37)34(41,21-25-11-6-5-7-12-25)35-22-26-15-16-28(29(20-26)27-13-9-8-10-24(27)3)32(38)36-30(33(39)40)18-19-42-4/h8-10,13,15-16,20,23,25,30-31,35,37,41H,5-7,11-12,14,17-19,21-22H2,1-4H3,(H,36,38)(H,39,40)/t30-,31?,34?/m0/s1. The molecule has 7 nitrogen and oxygen atoms in total. The van der Waals surface area contributed by atoms with Crippen LogP contribution in [0.3, 0.4) is 0 Å². The smallest absolute Gasteiger partial charge is 0.326 e. The molecule has 1 aliphatic rings. The Morgan fingerprint density at radius 2 is 1.74 bits per heavy atom. The molecule has 0 saturated heterocycles. The average molecular weight is 599 g/mol. The Bertz CT molecular complexity index is 1170. The normalized spacial score (nSPS) is 17.0. The highest BCUT2D eigenvalue weighted by Gasteiger charge is 2.37. The number of carboxylic acid groups (broad SMARTS) is 1. The highest BCUT2D eigenvalue weighted by atomic mass is 32.2. The summed E-state index contributed by atoms with van der Waals surface area (Å²) in [6.45, 7) is 6.53. The van der Waals surface area contributed by atoms with E-state index in [0.29, 0.717) is 54.5 Å². The van der Waals surface area contributed by atoms with E-state index >= 15 is 0 Å². The lowest BCUT2D eigenvalue weighted by atomic mass is 9.81. The lowest BCUT2D eigenvalue weighted by Gasteiger charge is -2.38. The van der Waals surface area contributed by atoms with Crippen molar-refractivity contribution in [2.75, 3.05) is 12.0 Å². The largest absolute Gasteiger partial charge is 0.480 e. The summed E-state index contributed by atoms with van der Waals surface area (Å²) in [5.41, 5.74) is 2.43. The first kappa shape index (κ1) is 34.1. The maximum absolute atomic E-state index is 13.4. The molecule has 3 rings (SSSR count). The molecule has 3 atom stereocenters. The molecular weight excluding hydrogens is 548 g/mol. The molecule has 1 aliphatic carbocycles. The van der Waals surface area contributed by atoms with Crippen molar-refractivity contribution in [2.24, 2.45) is 11.8 Å². The van der Waals surface area contributed by atoms with Crippen LogP contribution in [0.15, 0.2) is 42.5 Å². The SMILES string of the molecule is CSCC[C@H](NC(=O)c1ccc(CNC(O)(CC2CCCCC2)C(O)CCC(C)C)cc1-c1ccccc1C)C(=O)O. The number of thioether (sulfide) groups is 1. The molecule has 5 N–H and O–H groups in total. The van der Waals surface area contributed by atoms with Crippen molar-refractivity contribution >= 4 is 23.6 Å². The minimum Gasteiger partial charge on any atom is -0.480 e. The molecule has 42 heavy (non-hydrogen) atoms. The van der Waals surface area contributed by atoms with Gasteiger partial charge in [0.1, 0.15) is 11.8 Å². The van der Waals surface area contributed by atoms with Crippen molar-refractivity contribution in [2.45, 2.75) is 103 Å². The molecule has 2 unspecified atom stereocenters. The Balaban J connectivity index is 1.89. The molecule has 0 spiro atoms. The number of amides is 1. The topological polar surface area (TPSA) is 119 Å². The molecule has 0 aromatic heterocycles. The van der Waals surface area contributed by atoms with Crippen LogP contribution in [0, 0.1) is 18.8 Å². The predicted molar refractivity (Wildman–Crippen MR) is 172 cm³/mol. The fourth-order valence-electron chi connectivity index (χ4n) is 5.87. The van der Waals surface area contributed by atoms with E-state index in [1.165, 1.54) is 18.2 Å². The van der Waals surface area contributed by atoms with E-state index in [9.17, 15) is 24.9 Å². The first-order valence-corrected chi connectivity index (χ1v) is 16.8. The van der Waals surface area contributed by atoms with Gasteiger partial charge in [0.15, 0.2) is 0 Å². The molecule has 0 radical (unpaired) electrons. The summed E-state index contributed by atoms with van der Waals surface area (Å²) in [5, 5.41) is 38.7. The Morgan fingerprint density at radius 1 is 1.02 bits per heavy atom. The number of carbonyl (C=O) groups is 2. The van der Waals surface area contributed by atoms with E-state index in [-0.39, 0.29) is 0 Å². The molecule has 8 heteroatoms. The Morgan fingerprint density at radius 3 is 2.38 bits per heavy atom. The van der Waals surface area contributed by atoms with Crippen LogP contribution in [0.1, 0.15) is 93.1 Å². The molecule has 1 fully saturated rings. The van der Waals surface area contributed by atoms with Crippen molar-refractivity contribution in [3.05, 3.63) is 59.2 Å². The third-order valence-corrected chi connectivity index (χ3v) is 9.11. The highest BCUT2D eigenvalue weighted by molar-refractivity contribution is 7.98. The third kappa shape index (κ3) is 9.83. The zero-order valence-electron chi connectivity index (χ0n) is 25.7. The van der Waals surface area contributed by atoms with Gasteiger partial charge in [0, 0.05) is 12.1 Å². The molecule has 2 aromatic carbocycles. The first-order chi connectivity index (χ1) is 20.0. The second-order valence-electron chi connectivity index (χ2n) is 12.3. The molecule has 0 heterocycles. The first-order valence-electron chi connectivity index (χ1n) is 15.4. The summed E-state index contributed by atoms with van der Waals surface area (Å²) in [6, 6.07) is 12.3. The summed E-state index contributed by atoms with van der Waals surface area (Å²) in [6.07, 6.45) is 8.87. The lowest BCUT2D eigenvalue weighted by Crippen LogP contribution is -2.55. The molecule has 2 aromatic rings. The summed E-state index contributed by atoms with van der Waals surface area (Å²) in [5.74, 6) is -0.0652. The van der Waals surface area contributed by atoms with Crippen LogP contribution in [0.4, 0.5) is 0 Å². The summed E-state index contributed by atoms with van der Waals surface area (Å²) < 4.78 is 0. The van der Waals surface area contributed by atoms with Crippen LogP contribution in [0.25, 0.3) is 11.1 Å². The van der Waals surface area contributed by atoms with Crippen molar-refractivity contribution in [1.29, 1.82) is 0 Å². The number of aliphatic hydroxyl groups excluding tert-OH is 1. The van der Waals surface area contributed by atoms with Crippen LogP contribution >= 0.6 is 11.8 Å². The van der Waals surface area contributed by atoms with Gasteiger partial charge in [-0.3, -0.25) is 10.1 Å². The summed E-state index contributed by atoms with van der Waals surface area (Å²) in [7, 11) is 0. The van der Waals surface area contributed by atoms with E-state index < -0.39 is 29.7 Å². The number of hydrogen-bond donors (Lipinski definition) is 5. The number of nitrogens with one attached hydrogen (secondary N) is 2. The van der Waals surface area contributed by atoms with Gasteiger partial charge < -0.3 is 20.6 Å². The number of benzene rings is 2. The van der Waals surface area contributed by atoms with Crippen molar-refractivity contribution < 1.29 is 24.9 Å². The van der Waals surface area contributed by atoms with Gasteiger partial charge in [0.2, 0.25) is 0 Å². The second-order valence-corrected chi connectivity index (χ2v) is 13.3. The molecule has 0 aliphatic heterocycles. The fraction of sp³-hybridized carbons (Fsp3) is 0.588. The molecule has 1 amide bonds. The fourth-order valence-corrected chi connectivity index (χ4v) is 6.34. The van der Waals surface area contributed by atoms with Gasteiger partial charge in [-0.15, -0.1) is 0 Å². The van der Waals surface area contributed by atoms with Crippen LogP contribution in [-0.2, 0) is 11.3 Å². The summed E-state index contributed by atoms with van der Waals surface area (Å²) in [4.78, 5) is 25.2. The van der Waals surface area contributed by atoms with E-state index in [2.05, 4.69) is 24.5 Å². The number of aliphatic carboxylic acids is 1. The van der Waals surface area contributed by atoms with Gasteiger partial charge in [-0.2, -0.15) is 11.8 Å². The third-order valence-electron chi connectivity index (χ3n) is 8.47. The zero-order chi connectivity index (χ0) is 30.7. The van der Waals surface area contributed by atoms with Crippen molar-refractivity contribution in [3.8, 4) is 11.1 Å². The van der Waals surface area contributed by atoms with Crippen LogP contribution in [0.5, 0.6) is 0 Å². The van der Waals surface area contributed by atoms with Gasteiger partial charge in [-0.05, 0) is 90.8 Å².